The summed E-state index contributed by atoms with van der Waals surface area (Å²) in [6, 6.07) is 9.68. The number of aryl methyl sites for hydroxylation is 2. The number of carbonyl (C=O) groups excluding carboxylic acids is 1. The molecule has 0 fully saturated rings. The molecule has 0 saturated heterocycles. The second kappa shape index (κ2) is 5.51. The molecular formula is C15H13ClOS. The number of thiophene rings is 1. The molecule has 0 aliphatic carbocycles. The minimum absolute atomic E-state index is 0.00666. The van der Waals surface area contributed by atoms with Crippen LogP contribution in [0.4, 0.5) is 0 Å². The molecule has 0 radical (unpaired) electrons. The van der Waals surface area contributed by atoms with Gasteiger partial charge in [0.2, 0.25) is 0 Å². The quantitative estimate of drug-likeness (QED) is 0.575. The summed E-state index contributed by atoms with van der Waals surface area (Å²) in [5.41, 5.74) is 3.42. The van der Waals surface area contributed by atoms with Crippen LogP contribution in [0.2, 0.25) is 4.34 Å². The molecule has 0 atom stereocenters. The molecule has 0 N–H and O–H groups in total. The predicted octanol–water partition coefficient (Wildman–Crippen LogP) is 4.91. The zero-order chi connectivity index (χ0) is 13.1. The van der Waals surface area contributed by atoms with E-state index in [1.807, 2.05) is 19.9 Å². The Morgan fingerprint density at radius 1 is 1.22 bits per heavy atom. The fraction of sp³-hybridized carbons (Fsp3) is 0.133. The van der Waals surface area contributed by atoms with Crippen molar-refractivity contribution in [2.24, 2.45) is 0 Å². The third kappa shape index (κ3) is 3.09. The van der Waals surface area contributed by atoms with Crippen molar-refractivity contribution in [2.75, 3.05) is 0 Å². The zero-order valence-corrected chi connectivity index (χ0v) is 11.8. The molecule has 0 aliphatic rings. The average molecular weight is 277 g/mol. The molecule has 2 rings (SSSR count). The summed E-state index contributed by atoms with van der Waals surface area (Å²) in [4.78, 5) is 12.6. The largest absolute Gasteiger partial charge is 0.288 e. The van der Waals surface area contributed by atoms with Gasteiger partial charge in [0.25, 0.3) is 0 Å². The number of ketones is 1. The Bertz CT molecular complexity index is 611. The van der Waals surface area contributed by atoms with Crippen molar-refractivity contribution in [3.05, 3.63) is 62.3 Å². The maximum Gasteiger partial charge on any atom is 0.195 e. The van der Waals surface area contributed by atoms with Crippen molar-refractivity contribution < 1.29 is 4.79 Å². The van der Waals surface area contributed by atoms with Gasteiger partial charge < -0.3 is 0 Å². The summed E-state index contributed by atoms with van der Waals surface area (Å²) in [6.07, 6.45) is 3.46. The molecule has 1 nitrogen and oxygen atoms in total. The van der Waals surface area contributed by atoms with E-state index in [2.05, 4.69) is 18.2 Å². The van der Waals surface area contributed by atoms with E-state index in [-0.39, 0.29) is 5.78 Å². The first-order valence-corrected chi connectivity index (χ1v) is 6.81. The van der Waals surface area contributed by atoms with Crippen LogP contribution in [0.3, 0.4) is 0 Å². The molecule has 0 bridgehead atoms. The van der Waals surface area contributed by atoms with E-state index < -0.39 is 0 Å². The summed E-state index contributed by atoms with van der Waals surface area (Å²) >= 11 is 7.11. The van der Waals surface area contributed by atoms with Gasteiger partial charge in [-0.25, -0.2) is 0 Å². The lowest BCUT2D eigenvalue weighted by atomic mass is 10.0. The van der Waals surface area contributed by atoms with E-state index in [1.165, 1.54) is 16.9 Å². The Hall–Kier alpha value is -1.38. The average Bonchev–Trinajstić information content (AvgIpc) is 2.77. The molecule has 1 heterocycles. The number of rotatable bonds is 3. The van der Waals surface area contributed by atoms with Crippen molar-refractivity contribution in [1.82, 2.24) is 0 Å². The first-order chi connectivity index (χ1) is 8.56. The Labute approximate surface area is 116 Å². The zero-order valence-electron chi connectivity index (χ0n) is 10.2. The summed E-state index contributed by atoms with van der Waals surface area (Å²) in [6.45, 7) is 4.07. The van der Waals surface area contributed by atoms with Gasteiger partial charge in [0.15, 0.2) is 5.78 Å². The Balaban J connectivity index is 2.20. The highest BCUT2D eigenvalue weighted by Gasteiger charge is 2.05. The molecule has 0 saturated carbocycles. The monoisotopic (exact) mass is 276 g/mol. The highest BCUT2D eigenvalue weighted by Crippen LogP contribution is 2.22. The SMILES string of the molecule is Cc1ccc(C)c(C=CC(=O)c2ccc(Cl)s2)c1. The summed E-state index contributed by atoms with van der Waals surface area (Å²) in [5.74, 6) is -0.00666. The van der Waals surface area contributed by atoms with Gasteiger partial charge in [0.05, 0.1) is 9.21 Å². The summed E-state index contributed by atoms with van der Waals surface area (Å²) in [5, 5.41) is 0. The lowest BCUT2D eigenvalue weighted by molar-refractivity contribution is 0.105. The van der Waals surface area contributed by atoms with Gasteiger partial charge in [-0.3, -0.25) is 4.79 Å². The van der Waals surface area contributed by atoms with E-state index in [9.17, 15) is 4.79 Å². The lowest BCUT2D eigenvalue weighted by Gasteiger charge is -2.01. The van der Waals surface area contributed by atoms with Gasteiger partial charge >= 0.3 is 0 Å². The molecular weight excluding hydrogens is 264 g/mol. The smallest absolute Gasteiger partial charge is 0.195 e. The molecule has 92 valence electrons. The molecule has 0 unspecified atom stereocenters. The van der Waals surface area contributed by atoms with Crippen LogP contribution in [-0.4, -0.2) is 5.78 Å². The Morgan fingerprint density at radius 3 is 2.67 bits per heavy atom. The van der Waals surface area contributed by atoms with Crippen molar-refractivity contribution in [1.29, 1.82) is 0 Å². The van der Waals surface area contributed by atoms with Crippen LogP contribution >= 0.6 is 22.9 Å². The van der Waals surface area contributed by atoms with Crippen molar-refractivity contribution in [3.63, 3.8) is 0 Å². The van der Waals surface area contributed by atoms with Gasteiger partial charge in [0.1, 0.15) is 0 Å². The van der Waals surface area contributed by atoms with Gasteiger partial charge in [-0.15, -0.1) is 11.3 Å². The van der Waals surface area contributed by atoms with Crippen LogP contribution in [0.25, 0.3) is 6.08 Å². The molecule has 2 aromatic rings. The van der Waals surface area contributed by atoms with Crippen molar-refractivity contribution in [3.8, 4) is 0 Å². The number of allylic oxidation sites excluding steroid dienone is 1. The number of benzene rings is 1. The Kier molecular flexibility index (Phi) is 4.00. The molecule has 18 heavy (non-hydrogen) atoms. The van der Waals surface area contributed by atoms with Crippen LogP contribution in [0, 0.1) is 13.8 Å². The van der Waals surface area contributed by atoms with Gasteiger partial charge in [-0.05, 0) is 43.2 Å². The maximum absolute atomic E-state index is 11.9. The van der Waals surface area contributed by atoms with Crippen LogP contribution in [0.5, 0.6) is 0 Å². The number of hydrogen-bond acceptors (Lipinski definition) is 2. The molecule has 0 spiro atoms. The van der Waals surface area contributed by atoms with Crippen LogP contribution in [-0.2, 0) is 0 Å². The van der Waals surface area contributed by atoms with Gasteiger partial charge in [0, 0.05) is 0 Å². The maximum atomic E-state index is 11.9. The van der Waals surface area contributed by atoms with Crippen LogP contribution < -0.4 is 0 Å². The van der Waals surface area contributed by atoms with Crippen molar-refractivity contribution in [2.45, 2.75) is 13.8 Å². The van der Waals surface area contributed by atoms with Crippen LogP contribution in [0.1, 0.15) is 26.4 Å². The minimum Gasteiger partial charge on any atom is -0.288 e. The summed E-state index contributed by atoms with van der Waals surface area (Å²) in [7, 11) is 0. The van der Waals surface area contributed by atoms with Crippen LogP contribution in [0.15, 0.2) is 36.4 Å². The lowest BCUT2D eigenvalue weighted by Crippen LogP contribution is -1.89. The van der Waals surface area contributed by atoms with E-state index in [0.717, 1.165) is 11.1 Å². The number of carbonyl (C=O) groups is 1. The number of hydrogen-bond donors (Lipinski definition) is 0. The second-order valence-corrected chi connectivity index (χ2v) is 5.88. The highest BCUT2D eigenvalue weighted by molar-refractivity contribution is 7.18. The van der Waals surface area contributed by atoms with E-state index >= 15 is 0 Å². The fourth-order valence-corrected chi connectivity index (χ4v) is 2.60. The minimum atomic E-state index is -0.00666. The first-order valence-electron chi connectivity index (χ1n) is 5.61. The Morgan fingerprint density at radius 2 is 2.00 bits per heavy atom. The highest BCUT2D eigenvalue weighted by atomic mass is 35.5. The fourth-order valence-electron chi connectivity index (χ4n) is 1.63. The van der Waals surface area contributed by atoms with E-state index in [1.54, 1.807) is 18.2 Å². The summed E-state index contributed by atoms with van der Waals surface area (Å²) < 4.78 is 0.637. The molecule has 3 heteroatoms. The van der Waals surface area contributed by atoms with Gasteiger partial charge in [-0.2, -0.15) is 0 Å². The van der Waals surface area contributed by atoms with E-state index in [0.29, 0.717) is 9.21 Å². The third-order valence-corrected chi connectivity index (χ3v) is 3.91. The van der Waals surface area contributed by atoms with E-state index in [4.69, 9.17) is 11.6 Å². The van der Waals surface area contributed by atoms with Crippen molar-refractivity contribution >= 4 is 34.8 Å². The number of halogens is 1. The molecule has 1 aromatic heterocycles. The first kappa shape index (κ1) is 13.1. The van der Waals surface area contributed by atoms with Gasteiger partial charge in [-0.1, -0.05) is 41.4 Å². The second-order valence-electron chi connectivity index (χ2n) is 4.16. The molecule has 1 aromatic carbocycles. The molecule has 0 aliphatic heterocycles. The third-order valence-electron chi connectivity index (χ3n) is 2.67. The predicted molar refractivity (Wildman–Crippen MR) is 78.6 cm³/mol. The standard InChI is InChI=1S/C15H13ClOS/c1-10-3-4-11(2)12(9-10)5-6-13(17)14-7-8-15(16)18-14/h3-9H,1-2H3. The topological polar surface area (TPSA) is 17.1 Å². The normalized spacial score (nSPS) is 11.1. The molecule has 0 amide bonds.